The van der Waals surface area contributed by atoms with E-state index < -0.39 is 0 Å². The third-order valence-corrected chi connectivity index (χ3v) is 4.38. The van der Waals surface area contributed by atoms with E-state index in [2.05, 4.69) is 22.8 Å². The van der Waals surface area contributed by atoms with Crippen molar-refractivity contribution >= 4 is 17.3 Å². The van der Waals surface area contributed by atoms with Gasteiger partial charge in [-0.05, 0) is 48.4 Å². The molecule has 3 aromatic rings. The number of anilines is 2. The molecule has 0 aliphatic rings. The Morgan fingerprint density at radius 2 is 1.39 bits per heavy atom. The molecule has 2 N–H and O–H groups in total. The van der Waals surface area contributed by atoms with Crippen molar-refractivity contribution in [1.29, 1.82) is 0 Å². The van der Waals surface area contributed by atoms with Crippen LogP contribution in [-0.4, -0.2) is 26.7 Å². The van der Waals surface area contributed by atoms with Crippen molar-refractivity contribution in [2.75, 3.05) is 31.4 Å². The largest absolute Gasteiger partial charge is 0.496 e. The molecular formula is C23H24N2O3. The van der Waals surface area contributed by atoms with Gasteiger partial charge in [0.1, 0.15) is 17.1 Å². The van der Waals surface area contributed by atoms with Crippen LogP contribution in [0, 0.1) is 0 Å². The van der Waals surface area contributed by atoms with Gasteiger partial charge in [0.05, 0.1) is 14.2 Å². The van der Waals surface area contributed by atoms with Crippen LogP contribution in [0.3, 0.4) is 0 Å². The normalized spacial score (nSPS) is 10.2. The summed E-state index contributed by atoms with van der Waals surface area (Å²) in [4.78, 5) is 12.7. The van der Waals surface area contributed by atoms with E-state index in [4.69, 9.17) is 9.47 Å². The molecule has 5 nitrogen and oxygen atoms in total. The fourth-order valence-electron chi connectivity index (χ4n) is 2.94. The van der Waals surface area contributed by atoms with Gasteiger partial charge in [-0.1, -0.05) is 36.4 Å². The molecule has 0 atom stereocenters. The maximum atomic E-state index is 12.7. The van der Waals surface area contributed by atoms with Crippen LogP contribution in [-0.2, 0) is 6.42 Å². The summed E-state index contributed by atoms with van der Waals surface area (Å²) < 4.78 is 10.6. The molecule has 3 rings (SSSR count). The van der Waals surface area contributed by atoms with Crippen molar-refractivity contribution in [3.8, 4) is 11.5 Å². The zero-order valence-electron chi connectivity index (χ0n) is 16.1. The lowest BCUT2D eigenvalue weighted by molar-refractivity contribution is 0.102. The summed E-state index contributed by atoms with van der Waals surface area (Å²) in [5, 5.41) is 6.28. The second kappa shape index (κ2) is 9.46. The van der Waals surface area contributed by atoms with Crippen molar-refractivity contribution in [2.24, 2.45) is 0 Å². The minimum atomic E-state index is -0.279. The predicted octanol–water partition coefficient (Wildman–Crippen LogP) is 4.61. The first-order valence-corrected chi connectivity index (χ1v) is 9.11. The van der Waals surface area contributed by atoms with Gasteiger partial charge in [-0.25, -0.2) is 0 Å². The maximum Gasteiger partial charge on any atom is 0.263 e. The van der Waals surface area contributed by atoms with E-state index in [0.717, 1.165) is 18.7 Å². The molecular weight excluding hydrogens is 352 g/mol. The van der Waals surface area contributed by atoms with E-state index in [1.807, 2.05) is 42.5 Å². The van der Waals surface area contributed by atoms with E-state index in [1.165, 1.54) is 19.8 Å². The molecule has 0 unspecified atom stereocenters. The standard InChI is InChI=1S/C23H24N2O3/c1-27-20-9-6-10-21(28-2)22(20)23(26)25-19-13-11-18(12-14-19)24-16-15-17-7-4-3-5-8-17/h3-14,24H,15-16H2,1-2H3,(H,25,26). The highest BCUT2D eigenvalue weighted by Gasteiger charge is 2.18. The summed E-state index contributed by atoms with van der Waals surface area (Å²) in [5.41, 5.74) is 3.37. The Morgan fingerprint density at radius 3 is 2.00 bits per heavy atom. The van der Waals surface area contributed by atoms with Gasteiger partial charge in [-0.15, -0.1) is 0 Å². The van der Waals surface area contributed by atoms with Crippen molar-refractivity contribution in [1.82, 2.24) is 0 Å². The predicted molar refractivity (Wildman–Crippen MR) is 113 cm³/mol. The summed E-state index contributed by atoms with van der Waals surface area (Å²) in [5.74, 6) is 0.659. The minimum Gasteiger partial charge on any atom is -0.496 e. The summed E-state index contributed by atoms with van der Waals surface area (Å²) in [6.45, 7) is 0.841. The second-order valence-electron chi connectivity index (χ2n) is 6.23. The van der Waals surface area contributed by atoms with Crippen molar-refractivity contribution in [3.05, 3.63) is 83.9 Å². The third kappa shape index (κ3) is 4.82. The van der Waals surface area contributed by atoms with Crippen LogP contribution in [0.4, 0.5) is 11.4 Å². The Hall–Kier alpha value is -3.47. The Morgan fingerprint density at radius 1 is 0.786 bits per heavy atom. The first kappa shape index (κ1) is 19.3. The van der Waals surface area contributed by atoms with Gasteiger partial charge in [-0.3, -0.25) is 4.79 Å². The quantitative estimate of drug-likeness (QED) is 0.603. The second-order valence-corrected chi connectivity index (χ2v) is 6.23. The van der Waals surface area contributed by atoms with Crippen LogP contribution < -0.4 is 20.1 Å². The fraction of sp³-hybridized carbons (Fsp3) is 0.174. The first-order chi connectivity index (χ1) is 13.7. The summed E-state index contributed by atoms with van der Waals surface area (Å²) >= 11 is 0. The molecule has 0 aliphatic carbocycles. The Balaban J connectivity index is 1.60. The highest BCUT2D eigenvalue weighted by Crippen LogP contribution is 2.29. The lowest BCUT2D eigenvalue weighted by atomic mass is 10.1. The molecule has 28 heavy (non-hydrogen) atoms. The Bertz CT molecular complexity index is 887. The summed E-state index contributed by atoms with van der Waals surface area (Å²) in [6.07, 6.45) is 0.951. The van der Waals surface area contributed by atoms with E-state index in [-0.39, 0.29) is 5.91 Å². The maximum absolute atomic E-state index is 12.7. The van der Waals surface area contributed by atoms with Crippen molar-refractivity contribution in [2.45, 2.75) is 6.42 Å². The first-order valence-electron chi connectivity index (χ1n) is 9.11. The average molecular weight is 376 g/mol. The molecule has 0 aliphatic heterocycles. The fourth-order valence-corrected chi connectivity index (χ4v) is 2.94. The molecule has 5 heteroatoms. The average Bonchev–Trinajstić information content (AvgIpc) is 2.75. The van der Waals surface area contributed by atoms with Gasteiger partial charge in [0.25, 0.3) is 5.91 Å². The highest BCUT2D eigenvalue weighted by atomic mass is 16.5. The number of rotatable bonds is 8. The van der Waals surface area contributed by atoms with Crippen molar-refractivity contribution < 1.29 is 14.3 Å². The van der Waals surface area contributed by atoms with Crippen LogP contribution in [0.15, 0.2) is 72.8 Å². The summed E-state index contributed by atoms with van der Waals surface area (Å²) in [6, 6.07) is 23.2. The van der Waals surface area contributed by atoms with Crippen LogP contribution >= 0.6 is 0 Å². The number of amides is 1. The molecule has 1 amide bonds. The van der Waals surface area contributed by atoms with Crippen molar-refractivity contribution in [3.63, 3.8) is 0 Å². The number of hydrogen-bond donors (Lipinski definition) is 2. The van der Waals surface area contributed by atoms with Gasteiger partial charge in [-0.2, -0.15) is 0 Å². The highest BCUT2D eigenvalue weighted by molar-refractivity contribution is 6.08. The van der Waals surface area contributed by atoms with Crippen LogP contribution in [0.25, 0.3) is 0 Å². The Labute approximate surface area is 165 Å². The van der Waals surface area contributed by atoms with Gasteiger partial charge < -0.3 is 20.1 Å². The molecule has 0 saturated carbocycles. The smallest absolute Gasteiger partial charge is 0.263 e. The van der Waals surface area contributed by atoms with Gasteiger partial charge in [0, 0.05) is 17.9 Å². The molecule has 0 spiro atoms. The third-order valence-electron chi connectivity index (χ3n) is 4.38. The van der Waals surface area contributed by atoms with Crippen LogP contribution in [0.1, 0.15) is 15.9 Å². The van der Waals surface area contributed by atoms with Crippen LogP contribution in [0.2, 0.25) is 0 Å². The zero-order valence-corrected chi connectivity index (χ0v) is 16.1. The topological polar surface area (TPSA) is 59.6 Å². The zero-order chi connectivity index (χ0) is 19.8. The molecule has 0 fully saturated rings. The molecule has 0 saturated heterocycles. The van der Waals surface area contributed by atoms with Gasteiger partial charge in [0.2, 0.25) is 0 Å². The SMILES string of the molecule is COc1cccc(OC)c1C(=O)Nc1ccc(NCCc2ccccc2)cc1. The lowest BCUT2D eigenvalue weighted by Crippen LogP contribution is -2.14. The lowest BCUT2D eigenvalue weighted by Gasteiger charge is -2.13. The minimum absolute atomic E-state index is 0.279. The number of hydrogen-bond acceptors (Lipinski definition) is 4. The Kier molecular flexibility index (Phi) is 6.52. The van der Waals surface area contributed by atoms with E-state index in [0.29, 0.717) is 22.7 Å². The number of nitrogens with one attached hydrogen (secondary N) is 2. The number of ether oxygens (including phenoxy) is 2. The molecule has 0 heterocycles. The number of carbonyl (C=O) groups excluding carboxylic acids is 1. The van der Waals surface area contributed by atoms with Crippen LogP contribution in [0.5, 0.6) is 11.5 Å². The van der Waals surface area contributed by atoms with E-state index in [9.17, 15) is 4.79 Å². The molecule has 0 bridgehead atoms. The molecule has 0 aromatic heterocycles. The molecule has 3 aromatic carbocycles. The molecule has 0 radical (unpaired) electrons. The number of benzene rings is 3. The summed E-state index contributed by atoms with van der Waals surface area (Å²) in [7, 11) is 3.06. The van der Waals surface area contributed by atoms with E-state index in [1.54, 1.807) is 18.2 Å². The number of methoxy groups -OCH3 is 2. The number of carbonyl (C=O) groups is 1. The van der Waals surface area contributed by atoms with Gasteiger partial charge >= 0.3 is 0 Å². The molecule has 144 valence electrons. The van der Waals surface area contributed by atoms with E-state index >= 15 is 0 Å². The van der Waals surface area contributed by atoms with Gasteiger partial charge in [0.15, 0.2) is 0 Å². The monoisotopic (exact) mass is 376 g/mol.